The summed E-state index contributed by atoms with van der Waals surface area (Å²) < 4.78 is 7.95. The SMILES string of the molecule is CC(C)c1noc(C2CCCN(Cc3cn(C(C)C)c4ccccc34)CCC(=O)NCC2)n1. The fraction of sp³-hybridized carbons (Fsp3) is 0.577. The van der Waals surface area contributed by atoms with E-state index in [0.29, 0.717) is 24.9 Å². The maximum Gasteiger partial charge on any atom is 0.229 e. The lowest BCUT2D eigenvalue weighted by Crippen LogP contribution is -2.31. The molecule has 1 amide bonds. The summed E-state index contributed by atoms with van der Waals surface area (Å²) in [6.07, 6.45) is 5.63. The Kier molecular flexibility index (Phi) is 7.48. The number of amides is 1. The third kappa shape index (κ3) is 5.64. The molecule has 1 saturated heterocycles. The van der Waals surface area contributed by atoms with Crippen molar-refractivity contribution in [2.75, 3.05) is 19.6 Å². The highest BCUT2D eigenvalue weighted by Crippen LogP contribution is 2.28. The van der Waals surface area contributed by atoms with Crippen LogP contribution in [0.3, 0.4) is 0 Å². The fourth-order valence-electron chi connectivity index (χ4n) is 4.68. The molecule has 1 unspecified atom stereocenters. The van der Waals surface area contributed by atoms with Gasteiger partial charge >= 0.3 is 0 Å². The molecule has 33 heavy (non-hydrogen) atoms. The molecular weight excluding hydrogens is 414 g/mol. The van der Waals surface area contributed by atoms with Crippen molar-refractivity contribution in [3.8, 4) is 0 Å². The lowest BCUT2D eigenvalue weighted by Gasteiger charge is -2.22. The molecule has 0 spiro atoms. The Bertz CT molecular complexity index is 1070. The number of aromatic nitrogens is 3. The van der Waals surface area contributed by atoms with Crippen molar-refractivity contribution in [1.29, 1.82) is 0 Å². The topological polar surface area (TPSA) is 76.2 Å². The molecule has 0 bridgehead atoms. The van der Waals surface area contributed by atoms with Crippen LogP contribution in [0.1, 0.15) is 88.5 Å². The fourth-order valence-corrected chi connectivity index (χ4v) is 4.68. The van der Waals surface area contributed by atoms with E-state index in [1.165, 1.54) is 16.5 Å². The number of nitrogens with zero attached hydrogens (tertiary/aromatic N) is 4. The van der Waals surface area contributed by atoms with Crippen LogP contribution in [0.2, 0.25) is 0 Å². The smallest absolute Gasteiger partial charge is 0.229 e. The second kappa shape index (κ2) is 10.5. The quantitative estimate of drug-likeness (QED) is 0.590. The van der Waals surface area contributed by atoms with Crippen LogP contribution in [0, 0.1) is 0 Å². The van der Waals surface area contributed by atoms with Crippen LogP contribution in [0.15, 0.2) is 35.0 Å². The van der Waals surface area contributed by atoms with Gasteiger partial charge in [-0.3, -0.25) is 9.69 Å². The molecule has 1 fully saturated rings. The van der Waals surface area contributed by atoms with E-state index in [4.69, 9.17) is 4.52 Å². The Balaban J connectivity index is 1.50. The normalized spacial score (nSPS) is 19.2. The van der Waals surface area contributed by atoms with Gasteiger partial charge in [-0.25, -0.2) is 0 Å². The maximum atomic E-state index is 12.5. The predicted octanol–water partition coefficient (Wildman–Crippen LogP) is 5.00. The number of hydrogen-bond acceptors (Lipinski definition) is 5. The van der Waals surface area contributed by atoms with Crippen LogP contribution >= 0.6 is 0 Å². The number of benzene rings is 1. The Morgan fingerprint density at radius 2 is 1.97 bits per heavy atom. The van der Waals surface area contributed by atoms with Crippen LogP contribution in [0.5, 0.6) is 0 Å². The van der Waals surface area contributed by atoms with Crippen LogP contribution in [0.25, 0.3) is 10.9 Å². The molecular formula is C26H37N5O2. The summed E-state index contributed by atoms with van der Waals surface area (Å²) in [5.41, 5.74) is 2.60. The third-order valence-electron chi connectivity index (χ3n) is 6.59. The highest BCUT2D eigenvalue weighted by molar-refractivity contribution is 5.84. The summed E-state index contributed by atoms with van der Waals surface area (Å²) in [5, 5.41) is 8.53. The molecule has 0 aliphatic carbocycles. The molecule has 1 aliphatic rings. The molecule has 1 aliphatic heterocycles. The van der Waals surface area contributed by atoms with Crippen molar-refractivity contribution < 1.29 is 9.32 Å². The molecule has 1 aromatic carbocycles. The van der Waals surface area contributed by atoms with Gasteiger partial charge in [-0.2, -0.15) is 4.98 Å². The Labute approximate surface area is 196 Å². The monoisotopic (exact) mass is 451 g/mol. The van der Waals surface area contributed by atoms with E-state index in [0.717, 1.165) is 44.7 Å². The lowest BCUT2D eigenvalue weighted by molar-refractivity contribution is -0.121. The summed E-state index contributed by atoms with van der Waals surface area (Å²) in [4.78, 5) is 19.5. The third-order valence-corrected chi connectivity index (χ3v) is 6.59. The highest BCUT2D eigenvalue weighted by atomic mass is 16.5. The number of carbonyl (C=O) groups excluding carboxylic acids is 1. The van der Waals surface area contributed by atoms with Gasteiger partial charge < -0.3 is 14.4 Å². The first kappa shape index (κ1) is 23.5. The molecule has 7 heteroatoms. The van der Waals surface area contributed by atoms with Crippen LogP contribution in [-0.2, 0) is 11.3 Å². The van der Waals surface area contributed by atoms with Gasteiger partial charge in [0.25, 0.3) is 0 Å². The number of carbonyl (C=O) groups is 1. The zero-order valence-electron chi connectivity index (χ0n) is 20.4. The molecule has 0 radical (unpaired) electrons. The van der Waals surface area contributed by atoms with Gasteiger partial charge in [0, 0.05) is 61.0 Å². The molecule has 1 N–H and O–H groups in total. The summed E-state index contributed by atoms with van der Waals surface area (Å²) >= 11 is 0. The van der Waals surface area contributed by atoms with E-state index in [1.807, 2.05) is 0 Å². The van der Waals surface area contributed by atoms with Gasteiger partial charge in [0.2, 0.25) is 11.8 Å². The first-order valence-corrected chi connectivity index (χ1v) is 12.3. The molecule has 178 valence electrons. The Morgan fingerprint density at radius 1 is 1.15 bits per heavy atom. The number of para-hydroxylation sites is 1. The first-order valence-electron chi connectivity index (χ1n) is 12.3. The van der Waals surface area contributed by atoms with Crippen molar-refractivity contribution in [2.45, 2.75) is 77.8 Å². The van der Waals surface area contributed by atoms with Gasteiger partial charge in [0.15, 0.2) is 5.82 Å². The van der Waals surface area contributed by atoms with E-state index in [1.54, 1.807) is 0 Å². The molecule has 7 nitrogen and oxygen atoms in total. The van der Waals surface area contributed by atoms with Crippen molar-refractivity contribution in [1.82, 2.24) is 24.9 Å². The summed E-state index contributed by atoms with van der Waals surface area (Å²) in [6, 6.07) is 9.02. The predicted molar refractivity (Wildman–Crippen MR) is 130 cm³/mol. The van der Waals surface area contributed by atoms with Crippen LogP contribution < -0.4 is 5.32 Å². The largest absolute Gasteiger partial charge is 0.356 e. The maximum absolute atomic E-state index is 12.5. The Hall–Kier alpha value is -2.67. The van der Waals surface area contributed by atoms with Crippen LogP contribution in [0.4, 0.5) is 0 Å². The number of hydrogen-bond donors (Lipinski definition) is 1. The van der Waals surface area contributed by atoms with Gasteiger partial charge in [-0.1, -0.05) is 37.2 Å². The minimum absolute atomic E-state index is 0.110. The van der Waals surface area contributed by atoms with Gasteiger partial charge in [0.05, 0.1) is 0 Å². The molecule has 1 atom stereocenters. The van der Waals surface area contributed by atoms with Crippen LogP contribution in [-0.4, -0.2) is 45.1 Å². The standard InChI is InChI=1S/C26H37N5O2/c1-18(2)25-28-26(33-29-25)20-8-7-14-30(15-12-24(32)27-13-11-20)16-21-17-31(19(3)4)23-10-6-5-9-22(21)23/h5-6,9-10,17-20H,7-8,11-16H2,1-4H3,(H,27,32). The molecule has 0 saturated carbocycles. The average Bonchev–Trinajstić information content (AvgIpc) is 3.41. The van der Waals surface area contributed by atoms with Gasteiger partial charge in [-0.15, -0.1) is 0 Å². The first-order chi connectivity index (χ1) is 15.9. The van der Waals surface area contributed by atoms with Gasteiger partial charge in [0.1, 0.15) is 0 Å². The number of fused-ring (bicyclic) bond motifs is 1. The molecule has 2 aromatic heterocycles. The number of rotatable bonds is 5. The van der Waals surface area contributed by atoms with E-state index in [-0.39, 0.29) is 17.7 Å². The lowest BCUT2D eigenvalue weighted by atomic mass is 9.99. The molecule has 3 aromatic rings. The second-order valence-corrected chi connectivity index (χ2v) is 9.82. The van der Waals surface area contributed by atoms with Crippen molar-refractivity contribution in [3.63, 3.8) is 0 Å². The summed E-state index contributed by atoms with van der Waals surface area (Å²) in [6.45, 7) is 11.8. The zero-order chi connectivity index (χ0) is 23.4. The van der Waals surface area contributed by atoms with Crippen molar-refractivity contribution in [2.24, 2.45) is 0 Å². The van der Waals surface area contributed by atoms with E-state index in [9.17, 15) is 4.79 Å². The zero-order valence-corrected chi connectivity index (χ0v) is 20.4. The van der Waals surface area contributed by atoms with Gasteiger partial charge in [-0.05, 0) is 51.3 Å². The number of nitrogens with one attached hydrogen (secondary N) is 1. The van der Waals surface area contributed by atoms with E-state index in [2.05, 4.69) is 83.1 Å². The minimum atomic E-state index is 0.110. The van der Waals surface area contributed by atoms with Crippen molar-refractivity contribution in [3.05, 3.63) is 47.7 Å². The highest BCUT2D eigenvalue weighted by Gasteiger charge is 2.22. The molecule has 4 rings (SSSR count). The van der Waals surface area contributed by atoms with E-state index >= 15 is 0 Å². The molecule has 3 heterocycles. The Morgan fingerprint density at radius 3 is 2.73 bits per heavy atom. The summed E-state index contributed by atoms with van der Waals surface area (Å²) in [5.74, 6) is 1.99. The second-order valence-electron chi connectivity index (χ2n) is 9.82. The minimum Gasteiger partial charge on any atom is -0.356 e. The van der Waals surface area contributed by atoms with E-state index < -0.39 is 0 Å². The van der Waals surface area contributed by atoms with Crippen molar-refractivity contribution >= 4 is 16.8 Å². The average molecular weight is 452 g/mol. The summed E-state index contributed by atoms with van der Waals surface area (Å²) in [7, 11) is 0.